The Kier molecular flexibility index (Phi) is 5.65. The molecule has 1 N–H and O–H groups in total. The van der Waals surface area contributed by atoms with E-state index in [2.05, 4.69) is 18.7 Å². The molecule has 1 unspecified atom stereocenters. The Morgan fingerprint density at radius 2 is 2.00 bits per heavy atom. The third-order valence-electron chi connectivity index (χ3n) is 2.27. The molecule has 1 atom stereocenters. The van der Waals surface area contributed by atoms with Crippen LogP contribution in [-0.4, -0.2) is 40.8 Å². The molecule has 1 heterocycles. The van der Waals surface area contributed by atoms with Crippen molar-refractivity contribution >= 4 is 18.7 Å². The highest BCUT2D eigenvalue weighted by Crippen LogP contribution is 2.49. The van der Waals surface area contributed by atoms with E-state index < -0.39 is 7.35 Å². The van der Waals surface area contributed by atoms with E-state index >= 15 is 0 Å². The van der Waals surface area contributed by atoms with Gasteiger partial charge in [-0.3, -0.25) is 0 Å². The summed E-state index contributed by atoms with van der Waals surface area (Å²) in [6, 6.07) is 0. The second-order valence-corrected chi connectivity index (χ2v) is 7.98. The fraction of sp³-hybridized carbons (Fsp3) is 1.00. The van der Waals surface area contributed by atoms with Crippen molar-refractivity contribution in [1.82, 2.24) is 4.90 Å². The van der Waals surface area contributed by atoms with Gasteiger partial charge >= 0.3 is 0 Å². The molecule has 2 nitrogen and oxygen atoms in total. The van der Waals surface area contributed by atoms with Gasteiger partial charge in [0, 0.05) is 18.0 Å². The van der Waals surface area contributed by atoms with Crippen LogP contribution in [0.25, 0.3) is 0 Å². The van der Waals surface area contributed by atoms with Gasteiger partial charge in [0.25, 0.3) is 0 Å². The maximum atomic E-state index is 9.61. The van der Waals surface area contributed by atoms with Crippen LogP contribution in [0.2, 0.25) is 0 Å². The van der Waals surface area contributed by atoms with Gasteiger partial charge in [-0.1, -0.05) is 13.8 Å². The smallest absolute Gasteiger partial charge is 0.0874 e. The summed E-state index contributed by atoms with van der Waals surface area (Å²) in [4.78, 5) is 12.1. The van der Waals surface area contributed by atoms with Crippen molar-refractivity contribution in [3.05, 3.63) is 0 Å². The summed E-state index contributed by atoms with van der Waals surface area (Å²) in [7, 11) is -0.770. The molecule has 0 aliphatic carbocycles. The normalized spacial score (nSPS) is 21.2. The molecule has 0 radical (unpaired) electrons. The summed E-state index contributed by atoms with van der Waals surface area (Å²) in [6.07, 6.45) is 2.73. The van der Waals surface area contributed by atoms with Gasteiger partial charge in [0.15, 0.2) is 0 Å². The first-order valence-electron chi connectivity index (χ1n) is 5.03. The van der Waals surface area contributed by atoms with E-state index in [9.17, 15) is 4.89 Å². The lowest BCUT2D eigenvalue weighted by molar-refractivity contribution is 0.362. The van der Waals surface area contributed by atoms with Crippen LogP contribution in [0.5, 0.6) is 0 Å². The third kappa shape index (κ3) is 4.64. The molecule has 0 aromatic carbocycles. The van der Waals surface area contributed by atoms with Gasteiger partial charge in [-0.2, -0.15) is 0 Å². The maximum Gasteiger partial charge on any atom is 0.0874 e. The standard InChI is InChI=1S/C9H20NOPS/c1-9(2)12(11)13-8-7-10-5-3-4-6-10/h9,11H,3-8H2,1-2H3. The Balaban J connectivity index is 1.99. The van der Waals surface area contributed by atoms with Crippen molar-refractivity contribution in [2.45, 2.75) is 32.3 Å². The Hall–Kier alpha value is 0.700. The number of likely N-dealkylation sites (tertiary alicyclic amines) is 1. The minimum absolute atomic E-state index is 0.443. The third-order valence-corrected chi connectivity index (χ3v) is 6.39. The van der Waals surface area contributed by atoms with Gasteiger partial charge in [0.2, 0.25) is 0 Å². The summed E-state index contributed by atoms with van der Waals surface area (Å²) in [6.45, 7) is 7.89. The first-order valence-corrected chi connectivity index (χ1v) is 7.99. The average molecular weight is 221 g/mol. The molecule has 1 fully saturated rings. The highest BCUT2D eigenvalue weighted by molar-refractivity contribution is 8.54. The second kappa shape index (κ2) is 6.23. The SMILES string of the molecule is CC(C)P(O)SCCN1CCCC1. The molecule has 13 heavy (non-hydrogen) atoms. The average Bonchev–Trinajstić information content (AvgIpc) is 2.56. The van der Waals surface area contributed by atoms with Crippen LogP contribution in [0.3, 0.4) is 0 Å². The molecule has 0 bridgehead atoms. The Labute approximate surface area is 86.7 Å². The predicted octanol–water partition coefficient (Wildman–Crippen LogP) is 2.53. The van der Waals surface area contributed by atoms with E-state index in [1.807, 2.05) is 0 Å². The fourth-order valence-corrected chi connectivity index (χ4v) is 3.94. The molecule has 1 aliphatic heterocycles. The molecule has 78 valence electrons. The Morgan fingerprint density at radius 3 is 2.54 bits per heavy atom. The van der Waals surface area contributed by atoms with Crippen LogP contribution in [0, 0.1) is 0 Å². The van der Waals surface area contributed by atoms with E-state index in [4.69, 9.17) is 0 Å². The van der Waals surface area contributed by atoms with Crippen molar-refractivity contribution in [1.29, 1.82) is 0 Å². The lowest BCUT2D eigenvalue weighted by Crippen LogP contribution is -2.21. The van der Waals surface area contributed by atoms with Crippen LogP contribution in [0.15, 0.2) is 0 Å². The zero-order valence-electron chi connectivity index (χ0n) is 8.57. The lowest BCUT2D eigenvalue weighted by atomic mass is 10.4. The fourth-order valence-electron chi connectivity index (χ4n) is 1.42. The first-order chi connectivity index (χ1) is 6.20. The topological polar surface area (TPSA) is 23.5 Å². The van der Waals surface area contributed by atoms with Crippen LogP contribution in [0.1, 0.15) is 26.7 Å². The van der Waals surface area contributed by atoms with Crippen molar-refractivity contribution < 1.29 is 4.89 Å². The van der Waals surface area contributed by atoms with Crippen molar-refractivity contribution in [2.75, 3.05) is 25.4 Å². The number of hydrogen-bond acceptors (Lipinski definition) is 3. The summed E-state index contributed by atoms with van der Waals surface area (Å²) < 4.78 is 0. The molecule has 0 aromatic heterocycles. The summed E-state index contributed by atoms with van der Waals surface area (Å²) in [5.41, 5.74) is 0.443. The summed E-state index contributed by atoms with van der Waals surface area (Å²) >= 11 is 1.75. The van der Waals surface area contributed by atoms with Gasteiger partial charge in [0.1, 0.15) is 0 Å². The van der Waals surface area contributed by atoms with E-state index in [0.717, 1.165) is 12.3 Å². The maximum absolute atomic E-state index is 9.61. The van der Waals surface area contributed by atoms with Gasteiger partial charge < -0.3 is 9.79 Å². The van der Waals surface area contributed by atoms with Crippen LogP contribution in [0.4, 0.5) is 0 Å². The molecule has 4 heteroatoms. The predicted molar refractivity (Wildman–Crippen MR) is 62.4 cm³/mol. The quantitative estimate of drug-likeness (QED) is 0.722. The Morgan fingerprint density at radius 1 is 1.38 bits per heavy atom. The zero-order chi connectivity index (χ0) is 9.68. The van der Waals surface area contributed by atoms with Gasteiger partial charge in [-0.05, 0) is 25.9 Å². The lowest BCUT2D eigenvalue weighted by Gasteiger charge is -2.17. The van der Waals surface area contributed by atoms with Gasteiger partial charge in [0.05, 0.1) is 7.35 Å². The molecular formula is C9H20NOPS. The zero-order valence-corrected chi connectivity index (χ0v) is 10.3. The monoisotopic (exact) mass is 221 g/mol. The molecule has 1 aliphatic rings. The molecule has 1 saturated heterocycles. The van der Waals surface area contributed by atoms with Crippen LogP contribution in [-0.2, 0) is 0 Å². The molecule has 0 amide bonds. The van der Waals surface area contributed by atoms with Crippen molar-refractivity contribution in [2.24, 2.45) is 0 Å². The van der Waals surface area contributed by atoms with E-state index in [-0.39, 0.29) is 0 Å². The van der Waals surface area contributed by atoms with E-state index in [1.54, 1.807) is 11.4 Å². The number of nitrogens with zero attached hydrogens (tertiary/aromatic N) is 1. The summed E-state index contributed by atoms with van der Waals surface area (Å²) in [5, 5.41) is 0. The molecule has 0 spiro atoms. The summed E-state index contributed by atoms with van der Waals surface area (Å²) in [5.74, 6) is 1.10. The highest BCUT2D eigenvalue weighted by atomic mass is 32.7. The van der Waals surface area contributed by atoms with E-state index in [1.165, 1.54) is 25.9 Å². The minimum Gasteiger partial charge on any atom is -0.363 e. The van der Waals surface area contributed by atoms with Crippen molar-refractivity contribution in [3.8, 4) is 0 Å². The number of hydrogen-bond donors (Lipinski definition) is 1. The molecule has 0 aromatic rings. The highest BCUT2D eigenvalue weighted by Gasteiger charge is 2.13. The molecular weight excluding hydrogens is 201 g/mol. The Bertz CT molecular complexity index is 138. The number of rotatable bonds is 5. The largest absolute Gasteiger partial charge is 0.363 e. The van der Waals surface area contributed by atoms with Crippen LogP contribution >= 0.6 is 18.7 Å². The van der Waals surface area contributed by atoms with E-state index in [0.29, 0.717) is 5.66 Å². The second-order valence-electron chi connectivity index (χ2n) is 3.78. The van der Waals surface area contributed by atoms with Gasteiger partial charge in [-0.25, -0.2) is 0 Å². The van der Waals surface area contributed by atoms with Crippen LogP contribution < -0.4 is 0 Å². The van der Waals surface area contributed by atoms with Gasteiger partial charge in [-0.15, -0.1) is 11.4 Å². The molecule has 0 saturated carbocycles. The minimum atomic E-state index is -0.770. The first kappa shape index (κ1) is 11.8. The van der Waals surface area contributed by atoms with Crippen molar-refractivity contribution in [3.63, 3.8) is 0 Å². The molecule has 1 rings (SSSR count).